The Balaban J connectivity index is 2.19. The largest absolute Gasteiger partial charge is 0.490 e. The molecular formula is C17H24O4. The summed E-state index contributed by atoms with van der Waals surface area (Å²) in [5.74, 6) is 0.817. The standard InChI is InChI=1S/C17H24O4/c1-11-12(2)21-13(3)16(11)17(18)14-7-5-6-8-15(14)20-10-9-19-4/h5-8,11-13,16H,9-10H2,1-4H3. The summed E-state index contributed by atoms with van der Waals surface area (Å²) in [6, 6.07) is 7.40. The molecule has 4 atom stereocenters. The number of hydrogen-bond donors (Lipinski definition) is 0. The van der Waals surface area contributed by atoms with E-state index in [1.807, 2.05) is 38.1 Å². The minimum absolute atomic E-state index is 0.0606. The van der Waals surface area contributed by atoms with E-state index in [1.54, 1.807) is 7.11 Å². The second-order valence-electron chi connectivity index (χ2n) is 5.63. The number of carbonyl (C=O) groups is 1. The Morgan fingerprint density at radius 2 is 1.86 bits per heavy atom. The second-order valence-corrected chi connectivity index (χ2v) is 5.63. The van der Waals surface area contributed by atoms with Crippen molar-refractivity contribution in [2.24, 2.45) is 11.8 Å². The van der Waals surface area contributed by atoms with Gasteiger partial charge < -0.3 is 14.2 Å². The van der Waals surface area contributed by atoms with Crippen molar-refractivity contribution in [3.63, 3.8) is 0 Å². The molecule has 4 heteroatoms. The molecule has 4 nitrogen and oxygen atoms in total. The van der Waals surface area contributed by atoms with Crippen LogP contribution in [0.3, 0.4) is 0 Å². The minimum Gasteiger partial charge on any atom is -0.490 e. The summed E-state index contributed by atoms with van der Waals surface area (Å²) in [5, 5.41) is 0. The van der Waals surface area contributed by atoms with Crippen LogP contribution in [0.2, 0.25) is 0 Å². The predicted molar refractivity (Wildman–Crippen MR) is 80.8 cm³/mol. The van der Waals surface area contributed by atoms with E-state index >= 15 is 0 Å². The molecule has 1 aliphatic heterocycles. The molecule has 1 saturated heterocycles. The van der Waals surface area contributed by atoms with Crippen LogP contribution in [0.15, 0.2) is 24.3 Å². The fourth-order valence-electron chi connectivity index (χ4n) is 2.93. The smallest absolute Gasteiger partial charge is 0.172 e. The lowest BCUT2D eigenvalue weighted by Gasteiger charge is -2.19. The highest BCUT2D eigenvalue weighted by atomic mass is 16.5. The molecule has 0 amide bonds. The van der Waals surface area contributed by atoms with Crippen molar-refractivity contribution in [2.45, 2.75) is 33.0 Å². The summed E-state index contributed by atoms with van der Waals surface area (Å²) < 4.78 is 16.4. The predicted octanol–water partition coefficient (Wildman–Crippen LogP) is 2.95. The van der Waals surface area contributed by atoms with Crippen molar-refractivity contribution in [1.82, 2.24) is 0 Å². The molecule has 1 fully saturated rings. The van der Waals surface area contributed by atoms with Gasteiger partial charge in [0.15, 0.2) is 5.78 Å². The van der Waals surface area contributed by atoms with E-state index in [4.69, 9.17) is 14.2 Å². The highest BCUT2D eigenvalue weighted by Gasteiger charge is 2.42. The lowest BCUT2D eigenvalue weighted by atomic mass is 9.83. The molecule has 1 aromatic carbocycles. The maximum absolute atomic E-state index is 12.9. The van der Waals surface area contributed by atoms with Crippen LogP contribution in [0, 0.1) is 11.8 Å². The van der Waals surface area contributed by atoms with Gasteiger partial charge in [-0.1, -0.05) is 19.1 Å². The molecule has 0 aliphatic carbocycles. The molecule has 0 radical (unpaired) electrons. The first-order valence-electron chi connectivity index (χ1n) is 7.46. The van der Waals surface area contributed by atoms with Crippen molar-refractivity contribution in [2.75, 3.05) is 20.3 Å². The number of ketones is 1. The van der Waals surface area contributed by atoms with E-state index < -0.39 is 0 Å². The van der Waals surface area contributed by atoms with Crippen molar-refractivity contribution in [3.05, 3.63) is 29.8 Å². The van der Waals surface area contributed by atoms with Gasteiger partial charge in [-0.15, -0.1) is 0 Å². The topological polar surface area (TPSA) is 44.8 Å². The first kappa shape index (κ1) is 16.0. The van der Waals surface area contributed by atoms with Crippen molar-refractivity contribution >= 4 is 5.78 Å². The summed E-state index contributed by atoms with van der Waals surface area (Å²) in [7, 11) is 1.63. The quantitative estimate of drug-likeness (QED) is 0.597. The van der Waals surface area contributed by atoms with Crippen LogP contribution in [0.5, 0.6) is 5.75 Å². The van der Waals surface area contributed by atoms with Crippen LogP contribution >= 0.6 is 0 Å². The zero-order chi connectivity index (χ0) is 15.4. The van der Waals surface area contributed by atoms with Crippen LogP contribution in [-0.2, 0) is 9.47 Å². The van der Waals surface area contributed by atoms with Gasteiger partial charge in [-0.25, -0.2) is 0 Å². The second kappa shape index (κ2) is 7.05. The summed E-state index contributed by atoms with van der Waals surface area (Å²) in [6.45, 7) is 7.00. The van der Waals surface area contributed by atoms with Crippen molar-refractivity contribution < 1.29 is 19.0 Å². The number of benzene rings is 1. The molecule has 1 aromatic rings. The van der Waals surface area contributed by atoms with Crippen LogP contribution < -0.4 is 4.74 Å². The summed E-state index contributed by atoms with van der Waals surface area (Å²) in [6.07, 6.45) is 0.0463. The number of methoxy groups -OCH3 is 1. The van der Waals surface area contributed by atoms with Gasteiger partial charge in [-0.3, -0.25) is 4.79 Å². The van der Waals surface area contributed by atoms with Gasteiger partial charge >= 0.3 is 0 Å². The molecule has 4 unspecified atom stereocenters. The average Bonchev–Trinajstić information content (AvgIpc) is 2.72. The van der Waals surface area contributed by atoms with E-state index in [9.17, 15) is 4.79 Å². The number of ether oxygens (including phenoxy) is 3. The van der Waals surface area contributed by atoms with Crippen LogP contribution in [-0.4, -0.2) is 38.3 Å². The highest BCUT2D eigenvalue weighted by Crippen LogP contribution is 2.36. The van der Waals surface area contributed by atoms with Crippen LogP contribution in [0.4, 0.5) is 0 Å². The number of Topliss-reactive ketones (excluding diaryl/α,β-unsaturated/α-hetero) is 1. The Morgan fingerprint density at radius 1 is 1.14 bits per heavy atom. The van der Waals surface area contributed by atoms with Crippen molar-refractivity contribution in [3.8, 4) is 5.75 Å². The number of carbonyl (C=O) groups excluding carboxylic acids is 1. The fourth-order valence-corrected chi connectivity index (χ4v) is 2.93. The Bertz CT molecular complexity index is 485. The molecule has 0 spiro atoms. The molecule has 1 aliphatic rings. The van der Waals surface area contributed by atoms with Gasteiger partial charge in [-0.05, 0) is 31.9 Å². The zero-order valence-electron chi connectivity index (χ0n) is 13.2. The third-order valence-electron chi connectivity index (χ3n) is 4.24. The van der Waals surface area contributed by atoms with E-state index in [0.29, 0.717) is 24.5 Å². The zero-order valence-corrected chi connectivity index (χ0v) is 13.2. The molecule has 2 rings (SSSR count). The lowest BCUT2D eigenvalue weighted by Crippen LogP contribution is -2.27. The average molecular weight is 292 g/mol. The van der Waals surface area contributed by atoms with Gasteiger partial charge in [-0.2, -0.15) is 0 Å². The fraction of sp³-hybridized carbons (Fsp3) is 0.588. The molecule has 1 heterocycles. The number of hydrogen-bond acceptors (Lipinski definition) is 4. The Morgan fingerprint density at radius 3 is 2.48 bits per heavy atom. The van der Waals surface area contributed by atoms with E-state index in [0.717, 1.165) is 0 Å². The molecule has 0 bridgehead atoms. The Hall–Kier alpha value is -1.39. The van der Waals surface area contributed by atoms with E-state index in [2.05, 4.69) is 6.92 Å². The highest BCUT2D eigenvalue weighted by molar-refractivity contribution is 6.01. The van der Waals surface area contributed by atoms with Crippen LogP contribution in [0.1, 0.15) is 31.1 Å². The molecule has 116 valence electrons. The monoisotopic (exact) mass is 292 g/mol. The Kier molecular flexibility index (Phi) is 5.37. The minimum atomic E-state index is -0.118. The SMILES string of the molecule is COCCOc1ccccc1C(=O)C1C(C)OC(C)C1C. The summed E-state index contributed by atoms with van der Waals surface area (Å²) in [4.78, 5) is 12.9. The van der Waals surface area contributed by atoms with E-state index in [1.165, 1.54) is 0 Å². The molecule has 21 heavy (non-hydrogen) atoms. The maximum Gasteiger partial charge on any atom is 0.172 e. The summed E-state index contributed by atoms with van der Waals surface area (Å²) in [5.41, 5.74) is 0.634. The number of rotatable bonds is 6. The third kappa shape index (κ3) is 3.44. The van der Waals surface area contributed by atoms with Gasteiger partial charge in [0.1, 0.15) is 12.4 Å². The lowest BCUT2D eigenvalue weighted by molar-refractivity contribution is 0.0490. The summed E-state index contributed by atoms with van der Waals surface area (Å²) >= 11 is 0. The third-order valence-corrected chi connectivity index (χ3v) is 4.24. The van der Waals surface area contributed by atoms with Crippen LogP contribution in [0.25, 0.3) is 0 Å². The van der Waals surface area contributed by atoms with Gasteiger partial charge in [0.2, 0.25) is 0 Å². The molecule has 0 N–H and O–H groups in total. The maximum atomic E-state index is 12.9. The van der Waals surface area contributed by atoms with Gasteiger partial charge in [0, 0.05) is 7.11 Å². The Labute approximate surface area is 126 Å². The normalized spacial score (nSPS) is 28.6. The van der Waals surface area contributed by atoms with E-state index in [-0.39, 0.29) is 29.8 Å². The van der Waals surface area contributed by atoms with Crippen molar-refractivity contribution in [1.29, 1.82) is 0 Å². The number of para-hydroxylation sites is 1. The first-order chi connectivity index (χ1) is 10.1. The van der Waals surface area contributed by atoms with Gasteiger partial charge in [0.25, 0.3) is 0 Å². The first-order valence-corrected chi connectivity index (χ1v) is 7.46. The molecule has 0 aromatic heterocycles. The molecule has 0 saturated carbocycles. The molecular weight excluding hydrogens is 268 g/mol. The van der Waals surface area contributed by atoms with Gasteiger partial charge in [0.05, 0.1) is 30.3 Å².